The van der Waals surface area contributed by atoms with Gasteiger partial charge in [0.05, 0.1) is 25.8 Å². The second kappa shape index (κ2) is 6.45. The van der Waals surface area contributed by atoms with Gasteiger partial charge in [0.2, 0.25) is 6.10 Å². The number of hydrogen-bond acceptors (Lipinski definition) is 3. The first-order chi connectivity index (χ1) is 10.2. The Morgan fingerprint density at radius 1 is 1.45 bits per heavy atom. The Hall–Kier alpha value is -0.670. The van der Waals surface area contributed by atoms with Crippen molar-refractivity contribution in [1.82, 2.24) is 0 Å². The summed E-state index contributed by atoms with van der Waals surface area (Å²) < 4.78 is 49.4. The van der Waals surface area contributed by atoms with Gasteiger partial charge in [0, 0.05) is 5.56 Å². The molecule has 2 rings (SSSR count). The molecule has 1 atom stereocenters. The molecule has 0 spiro atoms. The van der Waals surface area contributed by atoms with Crippen LogP contribution < -0.4 is 4.74 Å². The molecule has 0 saturated heterocycles. The van der Waals surface area contributed by atoms with E-state index in [-0.39, 0.29) is 28.0 Å². The van der Waals surface area contributed by atoms with Gasteiger partial charge in [-0.3, -0.25) is 0 Å². The number of esters is 1. The van der Waals surface area contributed by atoms with Gasteiger partial charge in [0.1, 0.15) is 5.75 Å². The van der Waals surface area contributed by atoms with E-state index < -0.39 is 23.8 Å². The summed E-state index contributed by atoms with van der Waals surface area (Å²) in [6, 6.07) is 1.39. The summed E-state index contributed by atoms with van der Waals surface area (Å²) in [5.41, 5.74) is -0.450. The third-order valence-corrected chi connectivity index (χ3v) is 5.20. The number of fused-ring (bicyclic) bond motifs is 1. The lowest BCUT2D eigenvalue weighted by Crippen LogP contribution is -2.41. The fraction of sp³-hybridized carbons (Fsp3) is 0.308. The van der Waals surface area contributed by atoms with E-state index in [9.17, 15) is 18.0 Å². The monoisotopic (exact) mass is 466 g/mol. The molecule has 1 heterocycles. The van der Waals surface area contributed by atoms with Gasteiger partial charge in [-0.1, -0.05) is 23.2 Å². The van der Waals surface area contributed by atoms with Crippen LogP contribution >= 0.6 is 45.8 Å². The Bertz CT molecular complexity index is 659. The summed E-state index contributed by atoms with van der Waals surface area (Å²) in [4.78, 5) is 11.8. The smallest absolute Gasteiger partial charge is 0.430 e. The Kier molecular flexibility index (Phi) is 5.18. The first kappa shape index (κ1) is 17.7. The van der Waals surface area contributed by atoms with E-state index in [1.165, 1.54) is 13.0 Å². The molecule has 0 aromatic heterocycles. The minimum absolute atomic E-state index is 0.0310. The van der Waals surface area contributed by atoms with Crippen LogP contribution in [0.5, 0.6) is 5.75 Å². The number of carbonyl (C=O) groups excluding carboxylic acids is 1. The SMILES string of the molecule is CCOC(=O)C1=Cc2cc(Cl)c(I)c(Cl)c2OC1C(F)(F)F. The third kappa shape index (κ3) is 3.30. The molecule has 1 aliphatic rings. The number of ether oxygens (including phenoxy) is 2. The average Bonchev–Trinajstić information content (AvgIpc) is 2.43. The lowest BCUT2D eigenvalue weighted by Gasteiger charge is -2.28. The molecule has 0 fully saturated rings. The molecular formula is C13H8Cl2F3IO3. The zero-order chi connectivity index (χ0) is 16.7. The second-order valence-corrected chi connectivity index (χ2v) is 6.13. The first-order valence-electron chi connectivity index (χ1n) is 5.96. The summed E-state index contributed by atoms with van der Waals surface area (Å²) in [6.45, 7) is 1.44. The predicted octanol–water partition coefficient (Wildman–Crippen LogP) is 4.87. The molecule has 1 aromatic carbocycles. The number of alkyl halides is 3. The van der Waals surface area contributed by atoms with Crippen LogP contribution in [0, 0.1) is 3.57 Å². The van der Waals surface area contributed by atoms with Gasteiger partial charge in [-0.15, -0.1) is 0 Å². The minimum atomic E-state index is -4.79. The highest BCUT2D eigenvalue weighted by molar-refractivity contribution is 14.1. The van der Waals surface area contributed by atoms with E-state index in [4.69, 9.17) is 27.9 Å². The lowest BCUT2D eigenvalue weighted by atomic mass is 10.0. The van der Waals surface area contributed by atoms with Gasteiger partial charge in [-0.25, -0.2) is 4.79 Å². The van der Waals surface area contributed by atoms with Gasteiger partial charge in [-0.05, 0) is 41.7 Å². The Balaban J connectivity index is 2.61. The molecule has 120 valence electrons. The average molecular weight is 467 g/mol. The van der Waals surface area contributed by atoms with Gasteiger partial charge < -0.3 is 9.47 Å². The van der Waals surface area contributed by atoms with Gasteiger partial charge in [0.15, 0.2) is 0 Å². The van der Waals surface area contributed by atoms with Crippen LogP contribution in [0.1, 0.15) is 12.5 Å². The van der Waals surface area contributed by atoms with Crippen LogP contribution in [-0.4, -0.2) is 24.9 Å². The zero-order valence-corrected chi connectivity index (χ0v) is 14.6. The largest absolute Gasteiger partial charge is 0.474 e. The molecule has 0 bridgehead atoms. The fourth-order valence-electron chi connectivity index (χ4n) is 1.87. The van der Waals surface area contributed by atoms with Crippen LogP contribution in [0.15, 0.2) is 11.6 Å². The molecule has 1 aromatic rings. The number of rotatable bonds is 2. The second-order valence-electron chi connectivity index (χ2n) is 4.26. The maximum Gasteiger partial charge on any atom is 0.430 e. The number of hydrogen-bond donors (Lipinski definition) is 0. The first-order valence-corrected chi connectivity index (χ1v) is 7.79. The van der Waals surface area contributed by atoms with E-state index in [0.29, 0.717) is 3.57 Å². The molecule has 3 nitrogen and oxygen atoms in total. The molecule has 0 N–H and O–H groups in total. The summed E-state index contributed by atoms with van der Waals surface area (Å²) in [5.74, 6) is -1.26. The van der Waals surface area contributed by atoms with E-state index in [1.54, 1.807) is 22.6 Å². The molecule has 1 aliphatic heterocycles. The predicted molar refractivity (Wildman–Crippen MR) is 84.3 cm³/mol. The van der Waals surface area contributed by atoms with Crippen molar-refractivity contribution in [1.29, 1.82) is 0 Å². The molecule has 0 saturated carbocycles. The van der Waals surface area contributed by atoms with Crippen LogP contribution in [-0.2, 0) is 9.53 Å². The van der Waals surface area contributed by atoms with E-state index in [1.807, 2.05) is 0 Å². The number of benzene rings is 1. The molecule has 0 aliphatic carbocycles. The van der Waals surface area contributed by atoms with Gasteiger partial charge in [0.25, 0.3) is 0 Å². The maximum absolute atomic E-state index is 13.2. The van der Waals surface area contributed by atoms with Crippen molar-refractivity contribution in [3.8, 4) is 5.75 Å². The lowest BCUT2D eigenvalue weighted by molar-refractivity contribution is -0.187. The Morgan fingerprint density at radius 3 is 2.64 bits per heavy atom. The van der Waals surface area contributed by atoms with Crippen LogP contribution in [0.3, 0.4) is 0 Å². The molecular weight excluding hydrogens is 459 g/mol. The topological polar surface area (TPSA) is 35.5 Å². The summed E-state index contributed by atoms with van der Waals surface area (Å²) in [6.07, 6.45) is -6.18. The highest BCUT2D eigenvalue weighted by Gasteiger charge is 2.49. The van der Waals surface area contributed by atoms with Crippen molar-refractivity contribution in [3.05, 3.63) is 30.8 Å². The third-order valence-electron chi connectivity index (χ3n) is 2.78. The number of carbonyl (C=O) groups is 1. The molecule has 1 unspecified atom stereocenters. The highest BCUT2D eigenvalue weighted by Crippen LogP contribution is 2.44. The number of halogens is 6. The van der Waals surface area contributed by atoms with Crippen LogP contribution in [0.25, 0.3) is 6.08 Å². The van der Waals surface area contributed by atoms with Crippen molar-refractivity contribution in [2.45, 2.75) is 19.2 Å². The summed E-state index contributed by atoms with van der Waals surface area (Å²) in [7, 11) is 0. The van der Waals surface area contributed by atoms with Gasteiger partial charge in [-0.2, -0.15) is 13.2 Å². The van der Waals surface area contributed by atoms with Crippen molar-refractivity contribution >= 4 is 57.8 Å². The summed E-state index contributed by atoms with van der Waals surface area (Å²) in [5, 5.41) is 0.217. The molecule has 9 heteroatoms. The Morgan fingerprint density at radius 2 is 2.09 bits per heavy atom. The summed E-state index contributed by atoms with van der Waals surface area (Å²) >= 11 is 13.7. The Labute approximate surface area is 147 Å². The standard InChI is InChI=1S/C13H8Cl2F3IO3/c1-2-21-12(20)6-3-5-4-7(14)9(19)8(15)10(5)22-11(6)13(16,17)18/h3-4,11H,2H2,1H3. The normalized spacial score (nSPS) is 17.4. The molecule has 0 radical (unpaired) electrons. The zero-order valence-electron chi connectivity index (χ0n) is 10.9. The van der Waals surface area contributed by atoms with Crippen LogP contribution in [0.4, 0.5) is 13.2 Å². The van der Waals surface area contributed by atoms with Crippen molar-refractivity contribution in [3.63, 3.8) is 0 Å². The van der Waals surface area contributed by atoms with Crippen molar-refractivity contribution < 1.29 is 27.4 Å². The quantitative estimate of drug-likeness (QED) is 0.354. The van der Waals surface area contributed by atoms with E-state index >= 15 is 0 Å². The maximum atomic E-state index is 13.2. The van der Waals surface area contributed by atoms with Crippen LogP contribution in [0.2, 0.25) is 10.0 Å². The minimum Gasteiger partial charge on any atom is -0.474 e. The van der Waals surface area contributed by atoms with E-state index in [2.05, 4.69) is 4.74 Å². The molecule has 0 amide bonds. The van der Waals surface area contributed by atoms with Gasteiger partial charge >= 0.3 is 12.1 Å². The highest BCUT2D eigenvalue weighted by atomic mass is 127. The van der Waals surface area contributed by atoms with Crippen molar-refractivity contribution in [2.24, 2.45) is 0 Å². The van der Waals surface area contributed by atoms with E-state index in [0.717, 1.165) is 6.08 Å². The fourth-order valence-corrected chi connectivity index (χ4v) is 2.79. The van der Waals surface area contributed by atoms with Crippen molar-refractivity contribution in [2.75, 3.05) is 6.61 Å². The molecule has 22 heavy (non-hydrogen) atoms.